The number of hydrogen-bond acceptors (Lipinski definition) is 1. The molecule has 0 fully saturated rings. The molecule has 0 radical (unpaired) electrons. The molecule has 0 amide bonds. The van der Waals surface area contributed by atoms with Gasteiger partial charge in [0.25, 0.3) is 0 Å². The van der Waals surface area contributed by atoms with Crippen molar-refractivity contribution in [2.24, 2.45) is 0 Å². The van der Waals surface area contributed by atoms with E-state index in [1.54, 1.807) is 12.1 Å². The van der Waals surface area contributed by atoms with E-state index >= 15 is 0 Å². The van der Waals surface area contributed by atoms with E-state index in [2.05, 4.69) is 6.07 Å². The summed E-state index contributed by atoms with van der Waals surface area (Å²) in [5.74, 6) is 0. The Morgan fingerprint density at radius 2 is 2.10 bits per heavy atom. The van der Waals surface area contributed by atoms with E-state index in [-0.39, 0.29) is 32.8 Å². The Bertz CT molecular complexity index is 205. The van der Waals surface area contributed by atoms with E-state index in [1.165, 1.54) is 0 Å². The average molecular weight is 245 g/mol. The molecule has 1 aromatic carbocycles. The first kappa shape index (κ1) is 12.3. The Morgan fingerprint density at radius 1 is 1.40 bits per heavy atom. The largest absolute Gasteiger partial charge is 0.262 e. The fourth-order valence-electron chi connectivity index (χ4n) is 0.463. The van der Waals surface area contributed by atoms with Gasteiger partial charge in [-0.05, 0) is 6.07 Å². The summed E-state index contributed by atoms with van der Waals surface area (Å²) in [5, 5.41) is 8.26. The Morgan fingerprint density at radius 3 is 2.40 bits per heavy atom. The zero-order valence-corrected chi connectivity index (χ0v) is 7.35. The first-order valence-electron chi connectivity index (χ1n) is 2.30. The van der Waals surface area contributed by atoms with Crippen molar-refractivity contribution in [2.45, 2.75) is 0 Å². The minimum atomic E-state index is 0. The quantitative estimate of drug-likeness (QED) is 0.504. The van der Waals surface area contributed by atoms with Gasteiger partial charge in [-0.25, -0.2) is 0 Å². The minimum absolute atomic E-state index is 0. The van der Waals surface area contributed by atoms with Crippen molar-refractivity contribution in [1.82, 2.24) is 0 Å². The normalized spacial score (nSPS) is 6.30. The topological polar surface area (TPSA) is 23.8 Å². The van der Waals surface area contributed by atoms with E-state index in [9.17, 15) is 0 Å². The van der Waals surface area contributed by atoms with Crippen LogP contribution in [0.4, 0.5) is 0 Å². The number of nitrogens with zero attached hydrogens (tertiary/aromatic N) is 1. The molecule has 0 saturated heterocycles. The second-order valence-corrected chi connectivity index (χ2v) is 1.39. The number of nitriles is 1. The Hall–Kier alpha value is -0.338. The van der Waals surface area contributed by atoms with Crippen LogP contribution in [0.25, 0.3) is 0 Å². The van der Waals surface area contributed by atoms with Crippen molar-refractivity contribution >= 4 is 12.4 Å². The monoisotopic (exact) mass is 244 g/mol. The van der Waals surface area contributed by atoms with Gasteiger partial charge >= 0.3 is 0 Å². The van der Waals surface area contributed by atoms with Crippen LogP contribution in [0.15, 0.2) is 24.3 Å². The van der Waals surface area contributed by atoms with Gasteiger partial charge in [-0.15, -0.1) is 42.7 Å². The van der Waals surface area contributed by atoms with Gasteiger partial charge in [-0.3, -0.25) is 5.26 Å². The van der Waals surface area contributed by atoms with Gasteiger partial charge in [0.1, 0.15) is 0 Å². The van der Waals surface area contributed by atoms with Crippen LogP contribution in [0.1, 0.15) is 5.56 Å². The molecule has 0 aliphatic rings. The van der Waals surface area contributed by atoms with E-state index in [1.807, 2.05) is 18.2 Å². The van der Waals surface area contributed by atoms with Gasteiger partial charge in [0, 0.05) is 20.4 Å². The molecular formula is C7H5ClNPd-. The molecule has 0 unspecified atom stereocenters. The molecule has 1 rings (SSSR count). The third-order valence-corrected chi connectivity index (χ3v) is 0.830. The Kier molecular flexibility index (Phi) is 8.37. The van der Waals surface area contributed by atoms with Crippen LogP contribution < -0.4 is 0 Å². The van der Waals surface area contributed by atoms with Crippen LogP contribution in [0, 0.1) is 17.4 Å². The number of benzene rings is 1. The maximum absolute atomic E-state index is 8.26. The zero-order chi connectivity index (χ0) is 5.82. The zero-order valence-electron chi connectivity index (χ0n) is 4.98. The summed E-state index contributed by atoms with van der Waals surface area (Å²) in [6, 6.07) is 11.8. The molecule has 0 spiro atoms. The summed E-state index contributed by atoms with van der Waals surface area (Å²) in [6.45, 7) is 0. The van der Waals surface area contributed by atoms with Gasteiger partial charge in [-0.1, -0.05) is 5.56 Å². The molecule has 0 N–H and O–H groups in total. The van der Waals surface area contributed by atoms with Crippen LogP contribution in [0.5, 0.6) is 0 Å². The molecule has 0 aliphatic heterocycles. The number of hydrogen-bond donors (Lipinski definition) is 0. The molecule has 0 saturated carbocycles. The Labute approximate surface area is 80.1 Å². The molecule has 0 aromatic heterocycles. The number of halogens is 1. The molecule has 0 aliphatic carbocycles. The third kappa shape index (κ3) is 3.64. The predicted molar refractivity (Wildman–Crippen MR) is 37.2 cm³/mol. The fraction of sp³-hybridized carbons (Fsp3) is 0. The van der Waals surface area contributed by atoms with Crippen molar-refractivity contribution in [3.05, 3.63) is 35.9 Å². The van der Waals surface area contributed by atoms with Crippen LogP contribution in [-0.4, -0.2) is 0 Å². The molecule has 3 heteroatoms. The molecule has 0 heterocycles. The summed E-state index contributed by atoms with van der Waals surface area (Å²) < 4.78 is 0. The summed E-state index contributed by atoms with van der Waals surface area (Å²) in [5.41, 5.74) is 0.590. The smallest absolute Gasteiger partial charge is 0 e. The van der Waals surface area contributed by atoms with Crippen molar-refractivity contribution in [3.63, 3.8) is 0 Å². The SMILES string of the molecule is Cl.N#Cc1[c-]cccc1.[Pd]. The van der Waals surface area contributed by atoms with Crippen molar-refractivity contribution in [3.8, 4) is 6.07 Å². The second-order valence-electron chi connectivity index (χ2n) is 1.39. The van der Waals surface area contributed by atoms with Crippen molar-refractivity contribution in [2.75, 3.05) is 0 Å². The molecule has 1 nitrogen and oxygen atoms in total. The van der Waals surface area contributed by atoms with E-state index < -0.39 is 0 Å². The minimum Gasteiger partial charge on any atom is -0.262 e. The summed E-state index contributed by atoms with van der Waals surface area (Å²) >= 11 is 0. The van der Waals surface area contributed by atoms with Gasteiger partial charge < -0.3 is 0 Å². The number of rotatable bonds is 0. The summed E-state index contributed by atoms with van der Waals surface area (Å²) in [6.07, 6.45) is 0. The molecule has 10 heavy (non-hydrogen) atoms. The van der Waals surface area contributed by atoms with Gasteiger partial charge in [0.15, 0.2) is 0 Å². The third-order valence-electron chi connectivity index (χ3n) is 0.830. The van der Waals surface area contributed by atoms with Gasteiger partial charge in [0.2, 0.25) is 0 Å². The second kappa shape index (κ2) is 6.78. The van der Waals surface area contributed by atoms with E-state index in [0.717, 1.165) is 0 Å². The van der Waals surface area contributed by atoms with Crippen LogP contribution >= 0.6 is 12.4 Å². The fourth-order valence-corrected chi connectivity index (χ4v) is 0.463. The first-order valence-corrected chi connectivity index (χ1v) is 2.30. The van der Waals surface area contributed by atoms with Gasteiger partial charge in [0.05, 0.1) is 0 Å². The van der Waals surface area contributed by atoms with E-state index in [0.29, 0.717) is 5.56 Å². The maximum atomic E-state index is 8.26. The van der Waals surface area contributed by atoms with Crippen LogP contribution in [-0.2, 0) is 20.4 Å². The Balaban J connectivity index is 0. The van der Waals surface area contributed by atoms with Crippen molar-refractivity contribution < 1.29 is 20.4 Å². The van der Waals surface area contributed by atoms with Crippen molar-refractivity contribution in [1.29, 1.82) is 5.26 Å². The molecule has 0 bridgehead atoms. The molecule has 56 valence electrons. The van der Waals surface area contributed by atoms with Crippen LogP contribution in [0.3, 0.4) is 0 Å². The maximum Gasteiger partial charge on any atom is 0 e. The standard InChI is InChI=1S/C7H4N.ClH.Pd/c8-6-7-4-2-1-3-5-7;;/h1-4H;1H;/q-1;;. The predicted octanol–water partition coefficient (Wildman–Crippen LogP) is 1.78. The van der Waals surface area contributed by atoms with Gasteiger partial charge in [-0.2, -0.15) is 0 Å². The average Bonchev–Trinajstić information content (AvgIpc) is 1.90. The van der Waals surface area contributed by atoms with Crippen LogP contribution in [0.2, 0.25) is 0 Å². The molecule has 1 aromatic rings. The first-order chi connectivity index (χ1) is 3.93. The summed E-state index contributed by atoms with van der Waals surface area (Å²) in [4.78, 5) is 0. The summed E-state index contributed by atoms with van der Waals surface area (Å²) in [7, 11) is 0. The molecular weight excluding hydrogens is 240 g/mol. The van der Waals surface area contributed by atoms with E-state index in [4.69, 9.17) is 5.26 Å². The molecule has 0 atom stereocenters.